The lowest BCUT2D eigenvalue weighted by molar-refractivity contribution is -0.173. The van der Waals surface area contributed by atoms with Gasteiger partial charge in [-0.25, -0.2) is 19.4 Å². The Kier molecular flexibility index (Phi) is 4.68. The van der Waals surface area contributed by atoms with Crippen LogP contribution >= 0.6 is 11.6 Å². The van der Waals surface area contributed by atoms with Crippen molar-refractivity contribution < 1.29 is 22.7 Å². The standard InChI is InChI=1S/C16H13ClF3N5O2/c1-15(16(19,20)7-24-14(21)27-15)9-4-8(2-3-10(9)18)25-13(26)11-5-23-12(17)6-22-11/h2-6H,7H2,1H3,(H2,21,24)(H,25,26)/t15-/m1/s1. The van der Waals surface area contributed by atoms with E-state index in [0.717, 1.165) is 25.3 Å². The number of carbonyl (C=O) groups excluding carboxylic acids is 1. The van der Waals surface area contributed by atoms with E-state index in [2.05, 4.69) is 20.3 Å². The first-order chi connectivity index (χ1) is 12.6. The van der Waals surface area contributed by atoms with E-state index < -0.39 is 41.4 Å². The molecule has 1 aliphatic heterocycles. The number of halogens is 4. The summed E-state index contributed by atoms with van der Waals surface area (Å²) in [6.45, 7) is 0.0505. The molecular weight excluding hydrogens is 387 g/mol. The average Bonchev–Trinajstić information content (AvgIpc) is 2.61. The number of anilines is 1. The van der Waals surface area contributed by atoms with Crippen molar-refractivity contribution in [2.24, 2.45) is 10.7 Å². The summed E-state index contributed by atoms with van der Waals surface area (Å²) in [5, 5.41) is 2.52. The van der Waals surface area contributed by atoms with Gasteiger partial charge in [0.2, 0.25) is 5.60 Å². The van der Waals surface area contributed by atoms with Gasteiger partial charge in [-0.05, 0) is 25.1 Å². The van der Waals surface area contributed by atoms with Crippen molar-refractivity contribution in [1.29, 1.82) is 0 Å². The van der Waals surface area contributed by atoms with Crippen molar-refractivity contribution >= 4 is 29.2 Å². The van der Waals surface area contributed by atoms with Gasteiger partial charge in [-0.3, -0.25) is 4.79 Å². The van der Waals surface area contributed by atoms with Crippen LogP contribution in [-0.2, 0) is 10.3 Å². The van der Waals surface area contributed by atoms with Gasteiger partial charge in [0.25, 0.3) is 11.9 Å². The molecule has 0 fully saturated rings. The Balaban J connectivity index is 1.94. The van der Waals surface area contributed by atoms with Crippen molar-refractivity contribution in [1.82, 2.24) is 9.97 Å². The monoisotopic (exact) mass is 399 g/mol. The average molecular weight is 400 g/mol. The summed E-state index contributed by atoms with van der Waals surface area (Å²) in [6.07, 6.45) is 2.31. The fourth-order valence-electron chi connectivity index (χ4n) is 2.49. The summed E-state index contributed by atoms with van der Waals surface area (Å²) >= 11 is 5.60. The van der Waals surface area contributed by atoms with Crippen LogP contribution in [0.15, 0.2) is 35.6 Å². The number of nitrogens with zero attached hydrogens (tertiary/aromatic N) is 3. The first kappa shape index (κ1) is 18.9. The molecule has 1 atom stereocenters. The predicted octanol–water partition coefficient (Wildman–Crippen LogP) is 2.72. The van der Waals surface area contributed by atoms with Gasteiger partial charge in [-0.2, -0.15) is 8.78 Å². The third-order valence-electron chi connectivity index (χ3n) is 4.03. The molecule has 0 radical (unpaired) electrons. The van der Waals surface area contributed by atoms with E-state index in [-0.39, 0.29) is 16.5 Å². The maximum atomic E-state index is 14.4. The summed E-state index contributed by atoms with van der Waals surface area (Å²) in [6, 6.07) is 2.71. The van der Waals surface area contributed by atoms with Crippen LogP contribution in [0, 0.1) is 5.82 Å². The molecule has 1 aromatic heterocycles. The molecule has 0 saturated heterocycles. The van der Waals surface area contributed by atoms with Gasteiger partial charge in [0.1, 0.15) is 23.2 Å². The van der Waals surface area contributed by atoms with Gasteiger partial charge in [0.15, 0.2) is 0 Å². The number of nitrogens with two attached hydrogens (primary N) is 1. The van der Waals surface area contributed by atoms with Gasteiger partial charge < -0.3 is 15.8 Å². The lowest BCUT2D eigenvalue weighted by atomic mass is 9.87. The molecule has 2 aromatic rings. The molecule has 0 unspecified atom stereocenters. The highest BCUT2D eigenvalue weighted by Crippen LogP contribution is 2.44. The predicted molar refractivity (Wildman–Crippen MR) is 91.3 cm³/mol. The topological polar surface area (TPSA) is 102 Å². The number of benzene rings is 1. The number of ether oxygens (including phenoxy) is 1. The van der Waals surface area contributed by atoms with Crippen LogP contribution in [0.3, 0.4) is 0 Å². The third-order valence-corrected chi connectivity index (χ3v) is 4.23. The van der Waals surface area contributed by atoms with Gasteiger partial charge in [0, 0.05) is 11.3 Å². The van der Waals surface area contributed by atoms with Crippen molar-refractivity contribution in [2.45, 2.75) is 18.4 Å². The Morgan fingerprint density at radius 3 is 2.74 bits per heavy atom. The second-order valence-electron chi connectivity index (χ2n) is 5.87. The Morgan fingerprint density at radius 1 is 1.33 bits per heavy atom. The highest BCUT2D eigenvalue weighted by molar-refractivity contribution is 6.29. The number of hydrogen-bond acceptors (Lipinski definition) is 6. The summed E-state index contributed by atoms with van der Waals surface area (Å²) in [5.41, 5.74) is 2.51. The van der Waals surface area contributed by atoms with Gasteiger partial charge in [-0.15, -0.1) is 0 Å². The van der Waals surface area contributed by atoms with Crippen LogP contribution in [0.4, 0.5) is 18.9 Å². The molecule has 1 amide bonds. The van der Waals surface area contributed by atoms with E-state index in [1.165, 1.54) is 12.3 Å². The number of alkyl halides is 2. The molecule has 0 bridgehead atoms. The van der Waals surface area contributed by atoms with Gasteiger partial charge >= 0.3 is 5.92 Å². The van der Waals surface area contributed by atoms with Gasteiger partial charge in [0.05, 0.1) is 12.4 Å². The maximum Gasteiger partial charge on any atom is 0.310 e. The van der Waals surface area contributed by atoms with E-state index in [1.807, 2.05) is 0 Å². The summed E-state index contributed by atoms with van der Waals surface area (Å²) < 4.78 is 48.2. The molecule has 1 aliphatic rings. The third kappa shape index (κ3) is 3.52. The first-order valence-electron chi connectivity index (χ1n) is 7.58. The Labute approximate surface area is 156 Å². The summed E-state index contributed by atoms with van der Waals surface area (Å²) in [5.74, 6) is -5.16. The molecule has 1 aromatic carbocycles. The molecule has 3 N–H and O–H groups in total. The molecule has 11 heteroatoms. The van der Waals surface area contributed by atoms with E-state index in [4.69, 9.17) is 22.1 Å². The van der Waals surface area contributed by atoms with E-state index in [0.29, 0.717) is 0 Å². The minimum Gasteiger partial charge on any atom is -0.448 e. The van der Waals surface area contributed by atoms with E-state index in [1.54, 1.807) is 0 Å². The summed E-state index contributed by atoms with van der Waals surface area (Å²) in [4.78, 5) is 23.1. The first-order valence-corrected chi connectivity index (χ1v) is 7.96. The largest absolute Gasteiger partial charge is 0.448 e. The maximum absolute atomic E-state index is 14.4. The van der Waals surface area contributed by atoms with Crippen molar-refractivity contribution in [3.8, 4) is 0 Å². The van der Waals surface area contributed by atoms with Crippen molar-refractivity contribution in [2.75, 3.05) is 11.9 Å². The number of nitrogens with one attached hydrogen (secondary N) is 1. The quantitative estimate of drug-likeness (QED) is 0.826. The fraction of sp³-hybridized carbons (Fsp3) is 0.250. The highest BCUT2D eigenvalue weighted by atomic mass is 35.5. The van der Waals surface area contributed by atoms with Crippen LogP contribution in [0.1, 0.15) is 23.0 Å². The Hall–Kier alpha value is -2.88. The number of rotatable bonds is 3. The molecule has 7 nitrogen and oxygen atoms in total. The summed E-state index contributed by atoms with van der Waals surface area (Å²) in [7, 11) is 0. The number of aromatic nitrogens is 2. The van der Waals surface area contributed by atoms with Crippen molar-refractivity contribution in [3.63, 3.8) is 0 Å². The highest BCUT2D eigenvalue weighted by Gasteiger charge is 2.57. The van der Waals surface area contributed by atoms with Gasteiger partial charge in [-0.1, -0.05) is 11.6 Å². The van der Waals surface area contributed by atoms with E-state index >= 15 is 0 Å². The number of amidine groups is 1. The lowest BCUT2D eigenvalue weighted by Gasteiger charge is -2.39. The second kappa shape index (κ2) is 6.69. The fourth-order valence-corrected chi connectivity index (χ4v) is 2.59. The second-order valence-corrected chi connectivity index (χ2v) is 6.25. The molecule has 0 spiro atoms. The van der Waals surface area contributed by atoms with Crippen LogP contribution in [0.5, 0.6) is 0 Å². The number of hydrogen-bond donors (Lipinski definition) is 2. The lowest BCUT2D eigenvalue weighted by Crippen LogP contribution is -2.53. The molecule has 0 aliphatic carbocycles. The van der Waals surface area contributed by atoms with Crippen LogP contribution in [0.25, 0.3) is 0 Å². The Bertz CT molecular complexity index is 923. The number of carbonyl (C=O) groups is 1. The normalized spacial score (nSPS) is 21.1. The zero-order valence-electron chi connectivity index (χ0n) is 13.8. The SMILES string of the molecule is C[C@]1(c2cc(NC(=O)c3cnc(Cl)cn3)ccc2F)OC(N)=NCC1(F)F. The number of amides is 1. The van der Waals surface area contributed by atoms with E-state index in [9.17, 15) is 18.0 Å². The van der Waals surface area contributed by atoms with Crippen LogP contribution < -0.4 is 11.1 Å². The van der Waals surface area contributed by atoms with Crippen LogP contribution in [-0.4, -0.2) is 34.4 Å². The minimum atomic E-state index is -3.53. The minimum absolute atomic E-state index is 0.0508. The molecule has 3 rings (SSSR count). The molecule has 0 saturated carbocycles. The molecular formula is C16H13ClF3N5O2. The molecule has 142 valence electrons. The number of aliphatic imine (C=N–C) groups is 1. The smallest absolute Gasteiger partial charge is 0.310 e. The van der Waals surface area contributed by atoms with Crippen molar-refractivity contribution in [3.05, 3.63) is 52.8 Å². The van der Waals surface area contributed by atoms with Crippen LogP contribution in [0.2, 0.25) is 5.15 Å². The molecule has 2 heterocycles. The molecule has 27 heavy (non-hydrogen) atoms. The zero-order chi connectivity index (χ0) is 19.8. The Morgan fingerprint density at radius 2 is 2.07 bits per heavy atom. The zero-order valence-corrected chi connectivity index (χ0v) is 14.6.